The number of rotatable bonds is 9. The number of sulfonamides is 1. The van der Waals surface area contributed by atoms with Crippen LogP contribution in [0.3, 0.4) is 0 Å². The second kappa shape index (κ2) is 8.57. The van der Waals surface area contributed by atoms with E-state index in [0.29, 0.717) is 24.5 Å². The van der Waals surface area contributed by atoms with Crippen LogP contribution in [-0.4, -0.2) is 56.6 Å². The molecule has 1 aromatic rings. The number of hydrogen-bond acceptors (Lipinski definition) is 5. The predicted octanol–water partition coefficient (Wildman–Crippen LogP) is 1.74. The molecule has 1 aromatic carbocycles. The van der Waals surface area contributed by atoms with Crippen molar-refractivity contribution in [3.8, 4) is 5.75 Å². The highest BCUT2D eigenvalue weighted by molar-refractivity contribution is 7.89. The van der Waals surface area contributed by atoms with Gasteiger partial charge in [0.15, 0.2) is 0 Å². The van der Waals surface area contributed by atoms with E-state index in [1.54, 1.807) is 19.9 Å². The minimum atomic E-state index is -3.54. The van der Waals surface area contributed by atoms with Crippen LogP contribution in [0, 0.1) is 0 Å². The van der Waals surface area contributed by atoms with Gasteiger partial charge in [0.1, 0.15) is 5.75 Å². The molecule has 0 saturated carbocycles. The molecule has 8 heteroatoms. The van der Waals surface area contributed by atoms with Crippen LogP contribution in [0.2, 0.25) is 0 Å². The fraction of sp³-hybridized carbons (Fsp3) is 0.571. The predicted molar refractivity (Wildman–Crippen MR) is 88.3 cm³/mol. The summed E-state index contributed by atoms with van der Waals surface area (Å²) in [6, 6.07) is 4.61. The monoisotopic (exact) mass is 350 g/mol. The number of nitrogens with one attached hydrogen (secondary N) is 1. The van der Waals surface area contributed by atoms with Gasteiger partial charge in [-0.15, -0.1) is 11.6 Å². The lowest BCUT2D eigenvalue weighted by atomic mass is 10.2. The highest BCUT2D eigenvalue weighted by atomic mass is 35.5. The van der Waals surface area contributed by atoms with Crippen molar-refractivity contribution in [2.75, 3.05) is 37.9 Å². The molecular formula is C14H23ClN2O4S. The molecule has 0 bridgehead atoms. The summed E-state index contributed by atoms with van der Waals surface area (Å²) in [5, 5.41) is 12.5. The molecule has 0 heterocycles. The van der Waals surface area contributed by atoms with Crippen LogP contribution in [0.1, 0.15) is 13.8 Å². The van der Waals surface area contributed by atoms with Crippen molar-refractivity contribution in [3.63, 3.8) is 0 Å². The van der Waals surface area contributed by atoms with E-state index in [9.17, 15) is 13.5 Å². The average molecular weight is 351 g/mol. The number of halogens is 1. The third-order valence-electron chi connectivity index (χ3n) is 3.22. The van der Waals surface area contributed by atoms with Crippen LogP contribution in [0.4, 0.5) is 5.69 Å². The van der Waals surface area contributed by atoms with Crippen LogP contribution in [0.5, 0.6) is 5.75 Å². The lowest BCUT2D eigenvalue weighted by Crippen LogP contribution is -2.30. The van der Waals surface area contributed by atoms with E-state index in [1.165, 1.54) is 23.5 Å². The number of benzene rings is 1. The number of ether oxygens (including phenoxy) is 1. The maximum atomic E-state index is 12.5. The Kier molecular flexibility index (Phi) is 7.41. The lowest BCUT2D eigenvalue weighted by molar-refractivity contribution is 0.211. The molecule has 1 rings (SSSR count). The Morgan fingerprint density at radius 3 is 2.50 bits per heavy atom. The van der Waals surface area contributed by atoms with Crippen molar-refractivity contribution < 1.29 is 18.3 Å². The molecule has 126 valence electrons. The van der Waals surface area contributed by atoms with E-state index in [-0.39, 0.29) is 17.3 Å². The van der Waals surface area contributed by atoms with E-state index in [1.807, 2.05) is 0 Å². The van der Waals surface area contributed by atoms with E-state index >= 15 is 0 Å². The summed E-state index contributed by atoms with van der Waals surface area (Å²) in [6.07, 6.45) is -0.727. The number of aliphatic hydroxyl groups excluding tert-OH is 1. The van der Waals surface area contributed by atoms with Gasteiger partial charge in [-0.2, -0.15) is 4.31 Å². The number of aliphatic hydroxyl groups is 1. The fourth-order valence-corrected chi connectivity index (χ4v) is 3.57. The third-order valence-corrected chi connectivity index (χ3v) is 5.62. The second-order valence-corrected chi connectivity index (χ2v) is 6.89. The largest absolute Gasteiger partial charge is 0.495 e. The first-order chi connectivity index (χ1) is 10.4. The second-order valence-electron chi connectivity index (χ2n) is 4.64. The van der Waals surface area contributed by atoms with Crippen LogP contribution in [0.25, 0.3) is 0 Å². The number of hydrogen-bond donors (Lipinski definition) is 2. The summed E-state index contributed by atoms with van der Waals surface area (Å²) in [4.78, 5) is 0.180. The summed E-state index contributed by atoms with van der Waals surface area (Å²) in [5.74, 6) is 0.590. The molecule has 0 aliphatic rings. The molecular weight excluding hydrogens is 328 g/mol. The summed E-state index contributed by atoms with van der Waals surface area (Å²) in [7, 11) is -2.05. The van der Waals surface area contributed by atoms with Gasteiger partial charge in [0.25, 0.3) is 0 Å². The topological polar surface area (TPSA) is 78.9 Å². The van der Waals surface area contributed by atoms with Crippen molar-refractivity contribution in [2.24, 2.45) is 0 Å². The molecule has 2 N–H and O–H groups in total. The van der Waals surface area contributed by atoms with Gasteiger partial charge in [0.2, 0.25) is 10.0 Å². The Hall–Kier alpha value is -1.02. The van der Waals surface area contributed by atoms with Crippen molar-refractivity contribution in [1.82, 2.24) is 4.31 Å². The third kappa shape index (κ3) is 4.49. The van der Waals surface area contributed by atoms with Crippen molar-refractivity contribution in [2.45, 2.75) is 24.8 Å². The molecule has 0 radical (unpaired) electrons. The van der Waals surface area contributed by atoms with Gasteiger partial charge in [-0.1, -0.05) is 13.8 Å². The van der Waals surface area contributed by atoms with Crippen molar-refractivity contribution in [3.05, 3.63) is 18.2 Å². The summed E-state index contributed by atoms with van der Waals surface area (Å²) >= 11 is 5.55. The normalized spacial score (nSPS) is 13.2. The Morgan fingerprint density at radius 2 is 2.00 bits per heavy atom. The van der Waals surface area contributed by atoms with Gasteiger partial charge in [-0.05, 0) is 18.2 Å². The summed E-state index contributed by atoms with van der Waals surface area (Å²) < 4.78 is 31.6. The minimum Gasteiger partial charge on any atom is -0.495 e. The molecule has 0 amide bonds. The Bertz CT molecular complexity index is 576. The average Bonchev–Trinajstić information content (AvgIpc) is 2.52. The molecule has 22 heavy (non-hydrogen) atoms. The van der Waals surface area contributed by atoms with Crippen molar-refractivity contribution >= 4 is 27.3 Å². The molecule has 0 aromatic heterocycles. The fourth-order valence-electron chi connectivity index (χ4n) is 1.98. The smallest absolute Gasteiger partial charge is 0.243 e. The summed E-state index contributed by atoms with van der Waals surface area (Å²) in [5.41, 5.74) is 0.500. The van der Waals surface area contributed by atoms with Gasteiger partial charge >= 0.3 is 0 Å². The molecule has 0 spiro atoms. The van der Waals surface area contributed by atoms with Crippen LogP contribution in [0.15, 0.2) is 23.1 Å². The van der Waals surface area contributed by atoms with Gasteiger partial charge in [0.05, 0.1) is 29.7 Å². The van der Waals surface area contributed by atoms with E-state index < -0.39 is 16.1 Å². The molecule has 0 aliphatic carbocycles. The Morgan fingerprint density at radius 1 is 1.36 bits per heavy atom. The van der Waals surface area contributed by atoms with E-state index in [4.69, 9.17) is 16.3 Å². The van der Waals surface area contributed by atoms with Gasteiger partial charge in [0, 0.05) is 19.6 Å². The number of nitrogens with zero attached hydrogens (tertiary/aromatic N) is 1. The Balaban J connectivity index is 3.13. The molecule has 1 unspecified atom stereocenters. The Labute approximate surface area is 137 Å². The molecule has 6 nitrogen and oxygen atoms in total. The first-order valence-corrected chi connectivity index (χ1v) is 9.04. The quantitative estimate of drug-likeness (QED) is 0.663. The minimum absolute atomic E-state index is 0.0900. The zero-order chi connectivity index (χ0) is 16.8. The highest BCUT2D eigenvalue weighted by Gasteiger charge is 2.22. The zero-order valence-electron chi connectivity index (χ0n) is 13.0. The maximum absolute atomic E-state index is 12.5. The van der Waals surface area contributed by atoms with E-state index in [2.05, 4.69) is 5.32 Å². The summed E-state index contributed by atoms with van der Waals surface area (Å²) in [6.45, 7) is 4.59. The van der Waals surface area contributed by atoms with Crippen molar-refractivity contribution in [1.29, 1.82) is 0 Å². The molecule has 0 aliphatic heterocycles. The number of anilines is 1. The standard InChI is InChI=1S/C14H23ClN2O4S/c1-4-17(5-2)22(19,20)12-6-7-14(21-3)13(8-12)16-10-11(18)9-15/h6-8,11,16,18H,4-5,9-10H2,1-3H3. The van der Waals surface area contributed by atoms with Gasteiger partial charge in [-0.25, -0.2) is 8.42 Å². The highest BCUT2D eigenvalue weighted by Crippen LogP contribution is 2.28. The van der Waals surface area contributed by atoms with Crippen LogP contribution < -0.4 is 10.1 Å². The van der Waals surface area contributed by atoms with E-state index in [0.717, 1.165) is 0 Å². The lowest BCUT2D eigenvalue weighted by Gasteiger charge is -2.20. The molecule has 0 saturated heterocycles. The van der Waals surface area contributed by atoms with Crippen LogP contribution in [-0.2, 0) is 10.0 Å². The zero-order valence-corrected chi connectivity index (χ0v) is 14.6. The molecule has 0 fully saturated rings. The van der Waals surface area contributed by atoms with Gasteiger partial charge in [-0.3, -0.25) is 0 Å². The number of methoxy groups -OCH3 is 1. The first kappa shape index (κ1) is 19.0. The first-order valence-electron chi connectivity index (χ1n) is 7.06. The van der Waals surface area contributed by atoms with Gasteiger partial charge < -0.3 is 15.2 Å². The number of alkyl halides is 1. The molecule has 1 atom stereocenters. The maximum Gasteiger partial charge on any atom is 0.243 e. The SMILES string of the molecule is CCN(CC)S(=O)(=O)c1ccc(OC)c(NCC(O)CCl)c1. The van der Waals surface area contributed by atoms with Crippen LogP contribution >= 0.6 is 11.6 Å².